The van der Waals surface area contributed by atoms with Crippen molar-refractivity contribution in [2.45, 2.75) is 0 Å². The smallest absolute Gasteiger partial charge is 0.266 e. The topological polar surface area (TPSA) is 77.8 Å². The molecular formula is C10H15NO4S. The summed E-state index contributed by atoms with van der Waals surface area (Å²) < 4.78 is 29.9. The number of nitrogens with zero attached hydrogens (tertiary/aromatic N) is 1. The van der Waals surface area contributed by atoms with Gasteiger partial charge in [-0.05, 0) is 12.1 Å². The number of aliphatic hydroxyl groups excluding tert-OH is 1. The van der Waals surface area contributed by atoms with Crippen molar-refractivity contribution in [3.8, 4) is 0 Å². The summed E-state index contributed by atoms with van der Waals surface area (Å²) in [6.45, 7) is 0.420. The number of benzene rings is 1. The van der Waals surface area contributed by atoms with Crippen LogP contribution in [0.2, 0.25) is 0 Å². The second kappa shape index (κ2) is 5.83. The first-order chi connectivity index (χ1) is 7.53. The van der Waals surface area contributed by atoms with Gasteiger partial charge in [-0.2, -0.15) is 8.42 Å². The van der Waals surface area contributed by atoms with E-state index in [2.05, 4.69) is 0 Å². The second-order valence-electron chi connectivity index (χ2n) is 3.33. The molecule has 2 N–H and O–H groups in total. The Morgan fingerprint density at radius 2 is 1.75 bits per heavy atom. The molecule has 1 rings (SSSR count). The van der Waals surface area contributed by atoms with Crippen molar-refractivity contribution in [2.24, 2.45) is 0 Å². The van der Waals surface area contributed by atoms with E-state index >= 15 is 0 Å². The van der Waals surface area contributed by atoms with Crippen molar-refractivity contribution in [1.82, 2.24) is 0 Å². The number of para-hydroxylation sites is 1. The highest BCUT2D eigenvalue weighted by Crippen LogP contribution is 2.12. The number of hydrogen-bond acceptors (Lipinski definition) is 4. The van der Waals surface area contributed by atoms with Crippen molar-refractivity contribution in [1.29, 1.82) is 0 Å². The van der Waals surface area contributed by atoms with Crippen LogP contribution in [-0.4, -0.2) is 43.5 Å². The SMILES string of the molecule is O=S(=O)(O)CCN(CCO)c1ccccc1. The first-order valence-electron chi connectivity index (χ1n) is 4.89. The fraction of sp³-hybridized carbons (Fsp3) is 0.400. The Morgan fingerprint density at radius 3 is 2.25 bits per heavy atom. The molecule has 0 fully saturated rings. The minimum atomic E-state index is -3.97. The third-order valence-corrected chi connectivity index (χ3v) is 2.81. The van der Waals surface area contributed by atoms with E-state index in [1.165, 1.54) is 0 Å². The van der Waals surface area contributed by atoms with E-state index in [0.29, 0.717) is 6.54 Å². The highest BCUT2D eigenvalue weighted by molar-refractivity contribution is 7.85. The molecule has 16 heavy (non-hydrogen) atoms. The van der Waals surface area contributed by atoms with Crippen LogP contribution in [0.1, 0.15) is 0 Å². The molecule has 0 aliphatic heterocycles. The summed E-state index contributed by atoms with van der Waals surface area (Å²) in [5.74, 6) is -0.345. The minimum absolute atomic E-state index is 0.0691. The molecule has 0 unspecified atom stereocenters. The van der Waals surface area contributed by atoms with Crippen molar-refractivity contribution in [2.75, 3.05) is 30.3 Å². The van der Waals surface area contributed by atoms with Gasteiger partial charge in [-0.25, -0.2) is 0 Å². The van der Waals surface area contributed by atoms with Gasteiger partial charge in [0.1, 0.15) is 0 Å². The third-order valence-electron chi connectivity index (χ3n) is 2.11. The van der Waals surface area contributed by atoms with Gasteiger partial charge in [0.15, 0.2) is 0 Å². The van der Waals surface area contributed by atoms with E-state index in [9.17, 15) is 8.42 Å². The molecule has 0 aliphatic carbocycles. The van der Waals surface area contributed by atoms with Gasteiger partial charge in [-0.1, -0.05) is 18.2 Å². The Bertz CT molecular complexity index is 404. The van der Waals surface area contributed by atoms with E-state index in [4.69, 9.17) is 9.66 Å². The highest BCUT2D eigenvalue weighted by atomic mass is 32.2. The van der Waals surface area contributed by atoms with E-state index in [0.717, 1.165) is 5.69 Å². The Morgan fingerprint density at radius 1 is 1.12 bits per heavy atom. The molecule has 0 saturated heterocycles. The lowest BCUT2D eigenvalue weighted by molar-refractivity contribution is 0.302. The van der Waals surface area contributed by atoms with Gasteiger partial charge in [0.25, 0.3) is 10.1 Å². The van der Waals surface area contributed by atoms with Gasteiger partial charge in [0.05, 0.1) is 12.4 Å². The average molecular weight is 245 g/mol. The summed E-state index contributed by atoms with van der Waals surface area (Å²) in [6.07, 6.45) is 0. The van der Waals surface area contributed by atoms with E-state index in [1.807, 2.05) is 30.3 Å². The maximum atomic E-state index is 10.6. The van der Waals surface area contributed by atoms with Crippen LogP contribution >= 0.6 is 0 Å². The molecule has 1 aromatic carbocycles. The maximum absolute atomic E-state index is 10.6. The van der Waals surface area contributed by atoms with Crippen molar-refractivity contribution < 1.29 is 18.1 Å². The number of aliphatic hydroxyl groups is 1. The molecule has 0 aliphatic rings. The van der Waals surface area contributed by atoms with Gasteiger partial charge in [-0.15, -0.1) is 0 Å². The Kier molecular flexibility index (Phi) is 4.72. The van der Waals surface area contributed by atoms with Crippen LogP contribution in [0.4, 0.5) is 5.69 Å². The third kappa shape index (κ3) is 4.61. The Hall–Kier alpha value is -1.11. The van der Waals surface area contributed by atoms with Crippen LogP contribution < -0.4 is 4.90 Å². The number of hydrogen-bond donors (Lipinski definition) is 2. The lowest BCUT2D eigenvalue weighted by Gasteiger charge is -2.23. The van der Waals surface area contributed by atoms with Gasteiger partial charge in [0.2, 0.25) is 0 Å². The summed E-state index contributed by atoms with van der Waals surface area (Å²) in [5.41, 5.74) is 0.820. The van der Waals surface area contributed by atoms with E-state index in [1.54, 1.807) is 4.90 Å². The molecular weight excluding hydrogens is 230 g/mol. The fourth-order valence-corrected chi connectivity index (χ4v) is 1.81. The normalized spacial score (nSPS) is 11.4. The second-order valence-corrected chi connectivity index (χ2v) is 4.90. The van der Waals surface area contributed by atoms with Gasteiger partial charge in [0, 0.05) is 18.8 Å². The fourth-order valence-electron chi connectivity index (χ4n) is 1.36. The molecule has 0 heterocycles. The first-order valence-corrected chi connectivity index (χ1v) is 6.50. The largest absolute Gasteiger partial charge is 0.395 e. The monoisotopic (exact) mass is 245 g/mol. The molecule has 0 atom stereocenters. The quantitative estimate of drug-likeness (QED) is 0.708. The zero-order valence-electron chi connectivity index (χ0n) is 8.78. The molecule has 6 heteroatoms. The zero-order valence-corrected chi connectivity index (χ0v) is 9.60. The maximum Gasteiger partial charge on any atom is 0.266 e. The van der Waals surface area contributed by atoms with Crippen LogP contribution in [-0.2, 0) is 10.1 Å². The molecule has 5 nitrogen and oxygen atoms in total. The molecule has 1 aromatic rings. The standard InChI is InChI=1S/C10H15NO4S/c12-8-6-11(7-9-16(13,14)15)10-4-2-1-3-5-10/h1-5,12H,6-9H2,(H,13,14,15). The van der Waals surface area contributed by atoms with Crippen LogP contribution in [0.25, 0.3) is 0 Å². The lowest BCUT2D eigenvalue weighted by Crippen LogP contribution is -2.31. The summed E-state index contributed by atoms with van der Waals surface area (Å²) >= 11 is 0. The van der Waals surface area contributed by atoms with Gasteiger partial charge >= 0.3 is 0 Å². The molecule has 0 spiro atoms. The molecule has 0 radical (unpaired) electrons. The molecule has 0 amide bonds. The summed E-state index contributed by atoms with van der Waals surface area (Å²) in [4.78, 5) is 1.70. The molecule has 0 bridgehead atoms. The highest BCUT2D eigenvalue weighted by Gasteiger charge is 2.10. The molecule has 90 valence electrons. The minimum Gasteiger partial charge on any atom is -0.395 e. The van der Waals surface area contributed by atoms with E-state index < -0.39 is 10.1 Å². The van der Waals surface area contributed by atoms with Gasteiger partial charge in [-0.3, -0.25) is 4.55 Å². The predicted octanol–water partition coefficient (Wildman–Crippen LogP) is 0.373. The molecule has 0 saturated carbocycles. The van der Waals surface area contributed by atoms with Crippen molar-refractivity contribution in [3.63, 3.8) is 0 Å². The first kappa shape index (κ1) is 13.0. The van der Waals surface area contributed by atoms with Crippen LogP contribution in [0, 0.1) is 0 Å². The Balaban J connectivity index is 2.69. The van der Waals surface area contributed by atoms with Crippen LogP contribution in [0.15, 0.2) is 30.3 Å². The average Bonchev–Trinajstić information content (AvgIpc) is 2.24. The lowest BCUT2D eigenvalue weighted by atomic mass is 10.3. The van der Waals surface area contributed by atoms with Crippen molar-refractivity contribution >= 4 is 15.8 Å². The number of anilines is 1. The van der Waals surface area contributed by atoms with Crippen LogP contribution in [0.5, 0.6) is 0 Å². The predicted molar refractivity (Wildman–Crippen MR) is 62.2 cm³/mol. The van der Waals surface area contributed by atoms with Crippen LogP contribution in [0.3, 0.4) is 0 Å². The summed E-state index contributed by atoms with van der Waals surface area (Å²) in [5, 5.41) is 8.87. The Labute approximate surface area is 95.1 Å². The molecule has 0 aromatic heterocycles. The van der Waals surface area contributed by atoms with E-state index in [-0.39, 0.29) is 18.9 Å². The summed E-state index contributed by atoms with van der Waals surface area (Å²) in [7, 11) is -3.97. The van der Waals surface area contributed by atoms with Gasteiger partial charge < -0.3 is 10.0 Å². The zero-order chi connectivity index (χ0) is 12.0. The number of rotatable bonds is 6. The summed E-state index contributed by atoms with van der Waals surface area (Å²) in [6, 6.07) is 9.14. The van der Waals surface area contributed by atoms with Crippen molar-refractivity contribution in [3.05, 3.63) is 30.3 Å².